The molecule has 1 heterocycles. The van der Waals surface area contributed by atoms with E-state index in [-0.39, 0.29) is 5.54 Å². The first-order valence-corrected chi connectivity index (χ1v) is 6.06. The molecule has 2 aromatic rings. The first kappa shape index (κ1) is 12.0. The Labute approximate surface area is 106 Å². The quantitative estimate of drug-likeness (QED) is 0.845. The molecule has 0 aliphatic carbocycles. The van der Waals surface area contributed by atoms with Gasteiger partial charge in [-0.25, -0.2) is 4.98 Å². The number of halogens is 1. The van der Waals surface area contributed by atoms with E-state index in [9.17, 15) is 0 Å². The first-order valence-electron chi connectivity index (χ1n) is 5.53. The first-order chi connectivity index (χ1) is 8.15. The molecule has 0 aliphatic rings. The summed E-state index contributed by atoms with van der Waals surface area (Å²) in [6, 6.07) is 10.2. The van der Waals surface area contributed by atoms with E-state index in [1.807, 2.05) is 36.0 Å². The predicted octanol–water partition coefficient (Wildman–Crippen LogP) is 2.99. The maximum Gasteiger partial charge on any atom is 0.203 e. The van der Waals surface area contributed by atoms with E-state index >= 15 is 0 Å². The lowest BCUT2D eigenvalue weighted by molar-refractivity contribution is 0.604. The Morgan fingerprint density at radius 1 is 1.35 bits per heavy atom. The average molecular weight is 250 g/mol. The molecule has 1 aromatic carbocycles. The molecule has 0 saturated carbocycles. The number of benzene rings is 1. The number of aryl methyl sites for hydroxylation is 1. The normalized spacial score (nSPS) is 14.3. The van der Waals surface area contributed by atoms with Gasteiger partial charge in [-0.1, -0.05) is 30.3 Å². The summed E-state index contributed by atoms with van der Waals surface area (Å²) >= 11 is 6.11. The lowest BCUT2D eigenvalue weighted by Gasteiger charge is -2.29. The number of nitrogens with one attached hydrogen (secondary N) is 1. The molecule has 0 saturated heterocycles. The van der Waals surface area contributed by atoms with E-state index in [1.165, 1.54) is 0 Å². The van der Waals surface area contributed by atoms with Gasteiger partial charge in [-0.2, -0.15) is 0 Å². The molecule has 3 nitrogen and oxygen atoms in total. The van der Waals surface area contributed by atoms with Crippen molar-refractivity contribution in [1.82, 2.24) is 9.55 Å². The lowest BCUT2D eigenvalue weighted by atomic mass is 9.94. The zero-order valence-electron chi connectivity index (χ0n) is 10.0. The Kier molecular flexibility index (Phi) is 3.38. The molecule has 1 N–H and O–H groups in total. The van der Waals surface area contributed by atoms with Crippen molar-refractivity contribution in [3.63, 3.8) is 0 Å². The van der Waals surface area contributed by atoms with Crippen molar-refractivity contribution in [3.05, 3.63) is 48.3 Å². The van der Waals surface area contributed by atoms with Crippen molar-refractivity contribution in [2.45, 2.75) is 12.5 Å². The van der Waals surface area contributed by atoms with Crippen LogP contribution >= 0.6 is 11.6 Å². The molecule has 0 bridgehead atoms. The van der Waals surface area contributed by atoms with Gasteiger partial charge in [0.1, 0.15) is 0 Å². The Balaban J connectivity index is 2.30. The number of aromatic nitrogens is 2. The van der Waals surface area contributed by atoms with Gasteiger partial charge < -0.3 is 9.88 Å². The number of imidazole rings is 1. The van der Waals surface area contributed by atoms with Crippen molar-refractivity contribution < 1.29 is 0 Å². The van der Waals surface area contributed by atoms with E-state index in [4.69, 9.17) is 11.6 Å². The minimum Gasteiger partial charge on any atom is -0.345 e. The van der Waals surface area contributed by atoms with Crippen LogP contribution in [0.2, 0.25) is 0 Å². The van der Waals surface area contributed by atoms with E-state index < -0.39 is 0 Å². The van der Waals surface area contributed by atoms with Crippen LogP contribution in [0.1, 0.15) is 12.5 Å². The van der Waals surface area contributed by atoms with Gasteiger partial charge in [0, 0.05) is 25.3 Å². The van der Waals surface area contributed by atoms with E-state index in [1.54, 1.807) is 6.20 Å². The van der Waals surface area contributed by atoms with Crippen LogP contribution in [0.5, 0.6) is 0 Å². The second-order valence-electron chi connectivity index (χ2n) is 4.32. The topological polar surface area (TPSA) is 29.9 Å². The Morgan fingerprint density at radius 2 is 2.06 bits per heavy atom. The summed E-state index contributed by atoms with van der Waals surface area (Å²) in [4.78, 5) is 4.27. The Hall–Kier alpha value is -1.48. The van der Waals surface area contributed by atoms with Gasteiger partial charge >= 0.3 is 0 Å². The minimum atomic E-state index is -0.318. The highest BCUT2D eigenvalue weighted by molar-refractivity contribution is 6.18. The van der Waals surface area contributed by atoms with Gasteiger partial charge in [0.05, 0.1) is 5.54 Å². The fraction of sp³-hybridized carbons (Fsp3) is 0.308. The largest absolute Gasteiger partial charge is 0.345 e. The third-order valence-electron chi connectivity index (χ3n) is 2.89. The van der Waals surface area contributed by atoms with Gasteiger partial charge in [0.25, 0.3) is 0 Å². The van der Waals surface area contributed by atoms with Crippen molar-refractivity contribution in [3.8, 4) is 0 Å². The highest BCUT2D eigenvalue weighted by atomic mass is 35.5. The minimum absolute atomic E-state index is 0.318. The van der Waals surface area contributed by atoms with Gasteiger partial charge in [0.15, 0.2) is 0 Å². The maximum absolute atomic E-state index is 6.11. The average Bonchev–Trinajstić information content (AvgIpc) is 2.76. The Bertz CT molecular complexity index is 480. The van der Waals surface area contributed by atoms with Crippen molar-refractivity contribution in [1.29, 1.82) is 0 Å². The van der Waals surface area contributed by atoms with E-state index in [0.29, 0.717) is 5.88 Å². The highest BCUT2D eigenvalue weighted by Crippen LogP contribution is 2.26. The van der Waals surface area contributed by atoms with Gasteiger partial charge in [-0.15, -0.1) is 11.6 Å². The summed E-state index contributed by atoms with van der Waals surface area (Å²) < 4.78 is 1.94. The van der Waals surface area contributed by atoms with Crippen molar-refractivity contribution in [2.75, 3.05) is 11.2 Å². The summed E-state index contributed by atoms with van der Waals surface area (Å²) in [6.45, 7) is 2.07. The van der Waals surface area contributed by atoms with Crippen LogP contribution in [-0.4, -0.2) is 15.4 Å². The number of anilines is 1. The van der Waals surface area contributed by atoms with Crippen LogP contribution in [0.3, 0.4) is 0 Å². The second kappa shape index (κ2) is 4.80. The Morgan fingerprint density at radius 3 is 2.59 bits per heavy atom. The van der Waals surface area contributed by atoms with Gasteiger partial charge in [-0.05, 0) is 12.5 Å². The third-order valence-corrected chi connectivity index (χ3v) is 3.42. The lowest BCUT2D eigenvalue weighted by Crippen LogP contribution is -2.34. The summed E-state index contributed by atoms with van der Waals surface area (Å²) in [5, 5.41) is 3.39. The summed E-state index contributed by atoms with van der Waals surface area (Å²) in [5.41, 5.74) is 0.833. The molecule has 1 atom stereocenters. The number of nitrogens with zero attached hydrogens (tertiary/aromatic N) is 2. The summed E-state index contributed by atoms with van der Waals surface area (Å²) in [5.74, 6) is 1.29. The fourth-order valence-corrected chi connectivity index (χ4v) is 1.94. The van der Waals surface area contributed by atoms with Crippen LogP contribution in [0.4, 0.5) is 5.95 Å². The molecule has 0 fully saturated rings. The second-order valence-corrected chi connectivity index (χ2v) is 4.59. The molecule has 0 amide bonds. The van der Waals surface area contributed by atoms with Crippen molar-refractivity contribution in [2.24, 2.45) is 7.05 Å². The molecule has 0 aliphatic heterocycles. The zero-order valence-corrected chi connectivity index (χ0v) is 10.8. The zero-order chi connectivity index (χ0) is 12.3. The molecule has 0 radical (unpaired) electrons. The SMILES string of the molecule is Cn1ccnc1NC(C)(CCl)c1ccccc1. The highest BCUT2D eigenvalue weighted by Gasteiger charge is 2.26. The van der Waals surface area contributed by atoms with Gasteiger partial charge in [-0.3, -0.25) is 0 Å². The molecule has 4 heteroatoms. The number of alkyl halides is 1. The van der Waals surface area contributed by atoms with Crippen LogP contribution in [0.25, 0.3) is 0 Å². The smallest absolute Gasteiger partial charge is 0.203 e. The van der Waals surface area contributed by atoms with Crippen LogP contribution < -0.4 is 5.32 Å². The van der Waals surface area contributed by atoms with Crippen LogP contribution in [0, 0.1) is 0 Å². The van der Waals surface area contributed by atoms with Gasteiger partial charge in [0.2, 0.25) is 5.95 Å². The summed E-state index contributed by atoms with van der Waals surface area (Å²) in [6.07, 6.45) is 3.67. The predicted molar refractivity (Wildman–Crippen MR) is 71.3 cm³/mol. The number of rotatable bonds is 4. The molecule has 1 aromatic heterocycles. The third kappa shape index (κ3) is 2.44. The van der Waals surface area contributed by atoms with E-state index in [2.05, 4.69) is 29.4 Å². The fourth-order valence-electron chi connectivity index (χ4n) is 1.72. The number of hydrogen-bond donors (Lipinski definition) is 1. The maximum atomic E-state index is 6.11. The summed E-state index contributed by atoms with van der Waals surface area (Å²) in [7, 11) is 1.95. The molecular weight excluding hydrogens is 234 g/mol. The van der Waals surface area contributed by atoms with Crippen LogP contribution in [-0.2, 0) is 12.6 Å². The van der Waals surface area contributed by atoms with E-state index in [0.717, 1.165) is 11.5 Å². The van der Waals surface area contributed by atoms with Crippen LogP contribution in [0.15, 0.2) is 42.7 Å². The molecular formula is C13H16ClN3. The molecule has 2 rings (SSSR count). The van der Waals surface area contributed by atoms with Crippen molar-refractivity contribution >= 4 is 17.5 Å². The monoisotopic (exact) mass is 249 g/mol. The molecule has 0 spiro atoms. The number of hydrogen-bond acceptors (Lipinski definition) is 2. The standard InChI is InChI=1S/C13H16ClN3/c1-13(10-14,11-6-4-3-5-7-11)16-12-15-8-9-17(12)2/h3-9H,10H2,1-2H3,(H,15,16). The molecule has 17 heavy (non-hydrogen) atoms. The molecule has 90 valence electrons. The molecule has 1 unspecified atom stereocenters.